The topological polar surface area (TPSA) is 83.1 Å². The standard InChI is InChI=1S/C33H33F4N5O3.C2H6/c1-19(2)28(26-16-38-27-6-4-5-9-42(26)27)29(20(3)43)25-18-40-12-13-41(17-22-14-23(34)15-24(25)30(22)40)32(45)39-10-7-21(8-11-39)31(44)33(35,36)37;1-2/h4-6,9,14-16,18,21,31,44H,1,7-8,10-13,17H2,2-3H3;1-2H3/b29-28-;. The van der Waals surface area contributed by atoms with E-state index < -0.39 is 24.0 Å². The van der Waals surface area contributed by atoms with E-state index in [1.807, 2.05) is 60.3 Å². The summed E-state index contributed by atoms with van der Waals surface area (Å²) in [6, 6.07) is 8.01. The molecule has 1 atom stereocenters. The first kappa shape index (κ1) is 33.9. The Kier molecular flexibility index (Phi) is 9.63. The number of hydrogen-bond donors (Lipinski definition) is 1. The van der Waals surface area contributed by atoms with Crippen molar-refractivity contribution in [3.8, 4) is 0 Å². The van der Waals surface area contributed by atoms with Crippen molar-refractivity contribution < 1.29 is 32.3 Å². The van der Waals surface area contributed by atoms with Crippen LogP contribution >= 0.6 is 0 Å². The minimum absolute atomic E-state index is 0.0333. The lowest BCUT2D eigenvalue weighted by Crippen LogP contribution is -2.49. The maximum Gasteiger partial charge on any atom is 0.414 e. The number of pyridine rings is 1. The zero-order valence-corrected chi connectivity index (χ0v) is 26.9. The van der Waals surface area contributed by atoms with E-state index in [9.17, 15) is 27.9 Å². The predicted octanol–water partition coefficient (Wildman–Crippen LogP) is 7.10. The lowest BCUT2D eigenvalue weighted by molar-refractivity contribution is -0.222. The third kappa shape index (κ3) is 6.43. The number of urea groups is 1. The third-order valence-electron chi connectivity index (χ3n) is 8.82. The smallest absolute Gasteiger partial charge is 0.383 e. The van der Waals surface area contributed by atoms with Crippen molar-refractivity contribution in [2.75, 3.05) is 19.6 Å². The van der Waals surface area contributed by atoms with Crippen molar-refractivity contribution >= 4 is 39.5 Å². The number of aromatic nitrogens is 3. The van der Waals surface area contributed by atoms with Crippen molar-refractivity contribution in [1.29, 1.82) is 0 Å². The number of Topliss-reactive ketones (excluding diaryl/α,β-unsaturated/α-hetero) is 1. The van der Waals surface area contributed by atoms with E-state index in [4.69, 9.17) is 0 Å². The molecule has 2 aliphatic rings. The summed E-state index contributed by atoms with van der Waals surface area (Å²) in [6.45, 7) is 12.3. The lowest BCUT2D eigenvalue weighted by atomic mass is 9.90. The Hall–Kier alpha value is -4.45. The predicted molar refractivity (Wildman–Crippen MR) is 173 cm³/mol. The summed E-state index contributed by atoms with van der Waals surface area (Å²) in [5.41, 5.74) is 4.79. The van der Waals surface area contributed by atoms with E-state index in [-0.39, 0.29) is 50.8 Å². The molecule has 8 nitrogen and oxygen atoms in total. The largest absolute Gasteiger partial charge is 0.414 e. The highest BCUT2D eigenvalue weighted by Gasteiger charge is 2.44. The van der Waals surface area contributed by atoms with Crippen molar-refractivity contribution in [1.82, 2.24) is 23.8 Å². The number of aliphatic hydroxyl groups is 1. The molecule has 0 spiro atoms. The number of ketones is 1. The summed E-state index contributed by atoms with van der Waals surface area (Å²) in [7, 11) is 0. The molecule has 1 N–H and O–H groups in total. The molecule has 2 aliphatic heterocycles. The Balaban J connectivity index is 0.00000213. The number of fused-ring (bicyclic) bond motifs is 1. The van der Waals surface area contributed by atoms with Gasteiger partial charge in [-0.2, -0.15) is 13.2 Å². The van der Waals surface area contributed by atoms with Crippen LogP contribution in [0.4, 0.5) is 22.4 Å². The van der Waals surface area contributed by atoms with Crippen LogP contribution in [0.3, 0.4) is 0 Å². The minimum atomic E-state index is -4.70. The Morgan fingerprint density at radius 3 is 2.36 bits per heavy atom. The molecule has 12 heteroatoms. The molecule has 1 aromatic carbocycles. The Bertz CT molecular complexity index is 1860. The second-order valence-electron chi connectivity index (χ2n) is 11.9. The van der Waals surface area contributed by atoms with Crippen LogP contribution in [0, 0.1) is 11.7 Å². The SMILES string of the molecule is C=C(C)/C(=C(\C(C)=O)c1cn2c3c(cc(F)cc13)CN(C(=O)N1CCC(C(O)C(F)(F)F)CC1)CC2)c1cnc2ccccn12.CC. The van der Waals surface area contributed by atoms with Gasteiger partial charge in [-0.15, -0.1) is 0 Å². The van der Waals surface area contributed by atoms with E-state index in [0.29, 0.717) is 56.6 Å². The van der Waals surface area contributed by atoms with Crippen LogP contribution in [0.1, 0.15) is 57.4 Å². The van der Waals surface area contributed by atoms with E-state index in [2.05, 4.69) is 11.6 Å². The first-order valence-corrected chi connectivity index (χ1v) is 15.8. The maximum atomic E-state index is 15.3. The Morgan fingerprint density at radius 2 is 1.72 bits per heavy atom. The molecule has 0 radical (unpaired) electrons. The number of allylic oxidation sites excluding steroid dienone is 3. The monoisotopic (exact) mass is 653 g/mol. The van der Waals surface area contributed by atoms with Gasteiger partial charge in [0.05, 0.1) is 17.4 Å². The third-order valence-corrected chi connectivity index (χ3v) is 8.82. The molecule has 47 heavy (non-hydrogen) atoms. The summed E-state index contributed by atoms with van der Waals surface area (Å²) in [4.78, 5) is 34.5. The molecule has 2 amide bonds. The molecule has 5 heterocycles. The molecule has 4 aromatic rings. The summed E-state index contributed by atoms with van der Waals surface area (Å²) >= 11 is 0. The highest BCUT2D eigenvalue weighted by Crippen LogP contribution is 2.39. The van der Waals surface area contributed by atoms with Gasteiger partial charge in [0.15, 0.2) is 11.9 Å². The number of carbonyl (C=O) groups is 2. The van der Waals surface area contributed by atoms with Gasteiger partial charge in [0.1, 0.15) is 11.5 Å². The number of likely N-dealkylation sites (tertiary alicyclic amines) is 1. The number of piperidine rings is 1. The zero-order chi connectivity index (χ0) is 34.2. The van der Waals surface area contributed by atoms with Gasteiger partial charge < -0.3 is 19.5 Å². The molecular formula is C35H39F4N5O3. The van der Waals surface area contributed by atoms with Crippen LogP contribution in [-0.2, 0) is 17.9 Å². The fourth-order valence-corrected chi connectivity index (χ4v) is 6.71. The Morgan fingerprint density at radius 1 is 1.02 bits per heavy atom. The van der Waals surface area contributed by atoms with Crippen LogP contribution in [-0.4, -0.2) is 72.6 Å². The van der Waals surface area contributed by atoms with Crippen LogP contribution < -0.4 is 0 Å². The number of halogens is 4. The lowest BCUT2D eigenvalue weighted by Gasteiger charge is -2.37. The summed E-state index contributed by atoms with van der Waals surface area (Å²) < 4.78 is 58.1. The van der Waals surface area contributed by atoms with Gasteiger partial charge in [0, 0.05) is 67.2 Å². The van der Waals surface area contributed by atoms with Gasteiger partial charge in [0.25, 0.3) is 0 Å². The van der Waals surface area contributed by atoms with Gasteiger partial charge >= 0.3 is 12.2 Å². The molecule has 250 valence electrons. The summed E-state index contributed by atoms with van der Waals surface area (Å²) in [5, 5.41) is 10.2. The Labute approximate surface area is 270 Å². The minimum Gasteiger partial charge on any atom is -0.383 e. The van der Waals surface area contributed by atoms with Crippen molar-refractivity contribution in [3.63, 3.8) is 0 Å². The van der Waals surface area contributed by atoms with Crippen LogP contribution in [0.2, 0.25) is 0 Å². The number of nitrogens with zero attached hydrogens (tertiary/aromatic N) is 5. The molecule has 0 aliphatic carbocycles. The second kappa shape index (κ2) is 13.3. The van der Waals surface area contributed by atoms with Gasteiger partial charge in [-0.25, -0.2) is 14.2 Å². The second-order valence-corrected chi connectivity index (χ2v) is 11.9. The average Bonchev–Trinajstić information content (AvgIpc) is 3.56. The molecular weight excluding hydrogens is 614 g/mol. The number of rotatable bonds is 5. The normalized spacial score (nSPS) is 16.8. The number of alkyl halides is 3. The number of aliphatic hydroxyl groups excluding tert-OH is 1. The fourth-order valence-electron chi connectivity index (χ4n) is 6.71. The highest BCUT2D eigenvalue weighted by molar-refractivity contribution is 6.31. The van der Waals surface area contributed by atoms with Gasteiger partial charge in [-0.3, -0.25) is 9.20 Å². The van der Waals surface area contributed by atoms with Crippen LogP contribution in [0.15, 0.2) is 61.1 Å². The first-order chi connectivity index (χ1) is 22.3. The van der Waals surface area contributed by atoms with E-state index in [1.165, 1.54) is 24.0 Å². The molecule has 0 saturated carbocycles. The van der Waals surface area contributed by atoms with Gasteiger partial charge in [-0.1, -0.05) is 26.5 Å². The maximum absolute atomic E-state index is 15.3. The van der Waals surface area contributed by atoms with E-state index in [0.717, 1.165) is 0 Å². The van der Waals surface area contributed by atoms with Gasteiger partial charge in [0.2, 0.25) is 0 Å². The number of hydrogen-bond acceptors (Lipinski definition) is 4. The van der Waals surface area contributed by atoms with Crippen LogP contribution in [0.25, 0.3) is 27.7 Å². The summed E-state index contributed by atoms with van der Waals surface area (Å²) in [6.07, 6.45) is -1.70. The van der Waals surface area contributed by atoms with Crippen LogP contribution in [0.5, 0.6) is 0 Å². The number of amides is 2. The van der Waals surface area contributed by atoms with Gasteiger partial charge in [-0.05, 0) is 68.0 Å². The number of benzene rings is 1. The molecule has 0 bridgehead atoms. The quantitative estimate of drug-likeness (QED) is 0.142. The van der Waals surface area contributed by atoms with E-state index >= 15 is 4.39 Å². The number of carbonyl (C=O) groups excluding carboxylic acids is 2. The molecule has 6 rings (SSSR count). The molecule has 1 fully saturated rings. The zero-order valence-electron chi connectivity index (χ0n) is 26.9. The molecule has 1 saturated heterocycles. The van der Waals surface area contributed by atoms with Crippen molar-refractivity contribution in [2.24, 2.45) is 5.92 Å². The summed E-state index contributed by atoms with van der Waals surface area (Å²) in [5.74, 6) is -1.72. The van der Waals surface area contributed by atoms with Crippen molar-refractivity contribution in [2.45, 2.75) is 65.9 Å². The first-order valence-electron chi connectivity index (χ1n) is 15.8. The van der Waals surface area contributed by atoms with E-state index in [1.54, 1.807) is 11.1 Å². The fraction of sp³-hybridized carbons (Fsp3) is 0.400. The highest BCUT2D eigenvalue weighted by atomic mass is 19.4. The van der Waals surface area contributed by atoms with Crippen molar-refractivity contribution in [3.05, 3.63) is 83.7 Å². The molecule has 1 unspecified atom stereocenters. The average molecular weight is 654 g/mol. The molecule has 3 aromatic heterocycles. The number of imidazole rings is 1.